The van der Waals surface area contributed by atoms with Crippen LogP contribution >= 0.6 is 22.6 Å². The topological polar surface area (TPSA) is 41.5 Å². The molecule has 2 N–H and O–H groups in total. The van der Waals surface area contributed by atoms with E-state index in [4.69, 9.17) is 4.74 Å². The van der Waals surface area contributed by atoms with Crippen LogP contribution in [0.15, 0.2) is 24.3 Å². The second-order valence-electron chi connectivity index (χ2n) is 3.37. The Hall–Kier alpha value is -0.330. The predicted molar refractivity (Wildman–Crippen MR) is 63.4 cm³/mol. The first-order valence-corrected chi connectivity index (χ1v) is 5.61. The Labute approximate surface area is 96.6 Å². The zero-order valence-corrected chi connectivity index (χ0v) is 9.77. The highest BCUT2D eigenvalue weighted by Crippen LogP contribution is 2.16. The molecule has 1 aromatic carbocycles. The van der Waals surface area contributed by atoms with Gasteiger partial charge in [0.15, 0.2) is 0 Å². The van der Waals surface area contributed by atoms with Crippen LogP contribution in [0.4, 0.5) is 5.69 Å². The van der Waals surface area contributed by atoms with Crippen LogP contribution in [0, 0.1) is 3.57 Å². The fourth-order valence-electron chi connectivity index (χ4n) is 1.47. The van der Waals surface area contributed by atoms with E-state index in [2.05, 4.69) is 27.9 Å². The summed E-state index contributed by atoms with van der Waals surface area (Å²) in [6.07, 6.45) is -0.395. The number of nitrogens with one attached hydrogen (secondary N) is 1. The highest BCUT2D eigenvalue weighted by atomic mass is 127. The molecule has 0 bridgehead atoms. The second-order valence-corrected chi connectivity index (χ2v) is 4.61. The largest absolute Gasteiger partial charge is 0.388 e. The van der Waals surface area contributed by atoms with Gasteiger partial charge in [0, 0.05) is 9.26 Å². The maximum Gasteiger partial charge on any atom is 0.0996 e. The highest BCUT2D eigenvalue weighted by molar-refractivity contribution is 14.1. The van der Waals surface area contributed by atoms with Crippen LogP contribution in [0.5, 0.6) is 0 Å². The molecule has 0 aromatic heterocycles. The summed E-state index contributed by atoms with van der Waals surface area (Å²) in [5, 5.41) is 12.8. The molecule has 2 rings (SSSR count). The van der Waals surface area contributed by atoms with Crippen LogP contribution in [-0.2, 0) is 4.74 Å². The van der Waals surface area contributed by atoms with Crippen molar-refractivity contribution in [1.82, 2.24) is 0 Å². The minimum Gasteiger partial charge on any atom is -0.388 e. The third-order valence-corrected chi connectivity index (χ3v) is 2.90. The Bertz CT molecular complexity index is 319. The van der Waals surface area contributed by atoms with Gasteiger partial charge >= 0.3 is 0 Å². The molecule has 1 aromatic rings. The van der Waals surface area contributed by atoms with Gasteiger partial charge in [-0.1, -0.05) is 6.07 Å². The Kier molecular flexibility index (Phi) is 3.25. The third kappa shape index (κ3) is 2.37. The molecule has 1 aliphatic rings. The predicted octanol–water partition coefficient (Wildman–Crippen LogP) is 1.46. The lowest BCUT2D eigenvalue weighted by atomic mass is 10.2. The molecule has 1 aliphatic heterocycles. The van der Waals surface area contributed by atoms with Gasteiger partial charge in [0.1, 0.15) is 0 Å². The SMILES string of the molecule is OC1COCC1Nc1cccc(I)c1. The molecular weight excluding hydrogens is 293 g/mol. The summed E-state index contributed by atoms with van der Waals surface area (Å²) in [5.41, 5.74) is 1.03. The van der Waals surface area contributed by atoms with Gasteiger partial charge in [-0.2, -0.15) is 0 Å². The first-order valence-electron chi connectivity index (χ1n) is 4.53. The van der Waals surface area contributed by atoms with Crippen LogP contribution in [0.2, 0.25) is 0 Å². The normalized spacial score (nSPS) is 26.4. The summed E-state index contributed by atoms with van der Waals surface area (Å²) in [6, 6.07) is 8.09. The Balaban J connectivity index is 2.03. The maximum atomic E-state index is 9.53. The summed E-state index contributed by atoms with van der Waals surface area (Å²) in [7, 11) is 0. The first-order chi connectivity index (χ1) is 6.75. The van der Waals surface area contributed by atoms with E-state index in [1.165, 1.54) is 3.57 Å². The van der Waals surface area contributed by atoms with Crippen LogP contribution in [-0.4, -0.2) is 30.5 Å². The first kappa shape index (κ1) is 10.2. The van der Waals surface area contributed by atoms with Crippen LogP contribution in [0.25, 0.3) is 0 Å². The van der Waals surface area contributed by atoms with Crippen molar-refractivity contribution in [3.63, 3.8) is 0 Å². The summed E-state index contributed by atoms with van der Waals surface area (Å²) >= 11 is 2.26. The molecule has 1 saturated heterocycles. The Morgan fingerprint density at radius 1 is 1.43 bits per heavy atom. The Morgan fingerprint density at radius 2 is 2.29 bits per heavy atom. The molecule has 76 valence electrons. The van der Waals surface area contributed by atoms with Crippen molar-refractivity contribution >= 4 is 28.3 Å². The van der Waals surface area contributed by atoms with Crippen molar-refractivity contribution in [3.05, 3.63) is 27.8 Å². The van der Waals surface area contributed by atoms with E-state index in [-0.39, 0.29) is 6.04 Å². The lowest BCUT2D eigenvalue weighted by Gasteiger charge is -2.15. The van der Waals surface area contributed by atoms with Crippen LogP contribution < -0.4 is 5.32 Å². The van der Waals surface area contributed by atoms with E-state index in [1.807, 2.05) is 24.3 Å². The van der Waals surface area contributed by atoms with Gasteiger partial charge in [-0.05, 0) is 40.8 Å². The van der Waals surface area contributed by atoms with Gasteiger partial charge in [0.25, 0.3) is 0 Å². The lowest BCUT2D eigenvalue weighted by molar-refractivity contribution is 0.125. The van der Waals surface area contributed by atoms with E-state index in [9.17, 15) is 5.11 Å². The van der Waals surface area contributed by atoms with Gasteiger partial charge in [0.2, 0.25) is 0 Å². The minimum absolute atomic E-state index is 0.0215. The van der Waals surface area contributed by atoms with E-state index < -0.39 is 6.10 Å². The van der Waals surface area contributed by atoms with Gasteiger partial charge < -0.3 is 15.2 Å². The molecule has 0 aliphatic carbocycles. The lowest BCUT2D eigenvalue weighted by Crippen LogP contribution is -2.31. The molecular formula is C10H12INO2. The number of halogens is 1. The molecule has 0 saturated carbocycles. The van der Waals surface area contributed by atoms with Crippen LogP contribution in [0.1, 0.15) is 0 Å². The fraction of sp³-hybridized carbons (Fsp3) is 0.400. The molecule has 0 amide bonds. The van der Waals surface area contributed by atoms with Crippen molar-refractivity contribution in [1.29, 1.82) is 0 Å². The molecule has 2 atom stereocenters. The Morgan fingerprint density at radius 3 is 2.93 bits per heavy atom. The monoisotopic (exact) mass is 305 g/mol. The number of hydrogen-bond acceptors (Lipinski definition) is 3. The molecule has 0 radical (unpaired) electrons. The molecule has 2 unspecified atom stereocenters. The molecule has 1 heterocycles. The number of aliphatic hydroxyl groups excluding tert-OH is 1. The quantitative estimate of drug-likeness (QED) is 0.813. The fourth-order valence-corrected chi connectivity index (χ4v) is 2.02. The second kappa shape index (κ2) is 4.46. The van der Waals surface area contributed by atoms with Gasteiger partial charge in [-0.15, -0.1) is 0 Å². The van der Waals surface area contributed by atoms with E-state index >= 15 is 0 Å². The highest BCUT2D eigenvalue weighted by Gasteiger charge is 2.25. The molecule has 1 fully saturated rings. The van der Waals surface area contributed by atoms with Gasteiger partial charge in [0.05, 0.1) is 25.4 Å². The van der Waals surface area contributed by atoms with E-state index in [1.54, 1.807) is 0 Å². The van der Waals surface area contributed by atoms with Gasteiger partial charge in [-0.25, -0.2) is 0 Å². The standard InChI is InChI=1S/C10H12INO2/c11-7-2-1-3-8(4-7)12-9-5-14-6-10(9)13/h1-4,9-10,12-13H,5-6H2. The van der Waals surface area contributed by atoms with Gasteiger partial charge in [-0.3, -0.25) is 0 Å². The average molecular weight is 305 g/mol. The van der Waals surface area contributed by atoms with Crippen molar-refractivity contribution in [2.24, 2.45) is 0 Å². The number of rotatable bonds is 2. The van der Waals surface area contributed by atoms with E-state index in [0.717, 1.165) is 5.69 Å². The minimum atomic E-state index is -0.395. The van der Waals surface area contributed by atoms with Crippen molar-refractivity contribution in [2.45, 2.75) is 12.1 Å². The summed E-state index contributed by atoms with van der Waals surface area (Å²) < 4.78 is 6.34. The smallest absolute Gasteiger partial charge is 0.0996 e. The third-order valence-electron chi connectivity index (χ3n) is 2.23. The number of benzene rings is 1. The zero-order valence-electron chi connectivity index (χ0n) is 7.61. The molecule has 4 heteroatoms. The maximum absolute atomic E-state index is 9.53. The number of aliphatic hydroxyl groups is 1. The molecule has 3 nitrogen and oxygen atoms in total. The molecule has 0 spiro atoms. The summed E-state index contributed by atoms with van der Waals surface area (Å²) in [4.78, 5) is 0. The van der Waals surface area contributed by atoms with Crippen LogP contribution in [0.3, 0.4) is 0 Å². The van der Waals surface area contributed by atoms with Crippen molar-refractivity contribution < 1.29 is 9.84 Å². The summed E-state index contributed by atoms with van der Waals surface area (Å²) in [5.74, 6) is 0. The number of ether oxygens (including phenoxy) is 1. The zero-order chi connectivity index (χ0) is 9.97. The molecule has 14 heavy (non-hydrogen) atoms. The van der Waals surface area contributed by atoms with Crippen molar-refractivity contribution in [2.75, 3.05) is 18.5 Å². The van der Waals surface area contributed by atoms with Crippen molar-refractivity contribution in [3.8, 4) is 0 Å². The average Bonchev–Trinajstić information content (AvgIpc) is 2.52. The number of anilines is 1. The van der Waals surface area contributed by atoms with E-state index in [0.29, 0.717) is 13.2 Å². The number of hydrogen-bond donors (Lipinski definition) is 2. The summed E-state index contributed by atoms with van der Waals surface area (Å²) in [6.45, 7) is 1.01.